The van der Waals surface area contributed by atoms with Gasteiger partial charge in [0.1, 0.15) is 18.2 Å². The molecule has 0 aliphatic carbocycles. The normalized spacial score (nSPS) is 12.9. The number of nitrogens with one attached hydrogen (secondary N) is 2. The third-order valence-corrected chi connectivity index (χ3v) is 5.56. The average Bonchev–Trinajstić information content (AvgIpc) is 2.79. The molecule has 0 bridgehead atoms. The molecule has 1 aromatic rings. The zero-order chi connectivity index (χ0) is 28.2. The highest BCUT2D eigenvalue weighted by molar-refractivity contribution is 5.90. The fraction of sp³-hybridized carbons (Fsp3) is 0.643. The van der Waals surface area contributed by atoms with E-state index < -0.39 is 35.5 Å². The molecule has 1 aromatic carbocycles. The fourth-order valence-electron chi connectivity index (χ4n) is 3.72. The first kappa shape index (κ1) is 31.9. The summed E-state index contributed by atoms with van der Waals surface area (Å²) in [4.78, 5) is 52.6. The van der Waals surface area contributed by atoms with Crippen LogP contribution >= 0.6 is 0 Å². The number of hydrogen-bond acceptors (Lipinski definition) is 6. The first-order valence-electron chi connectivity index (χ1n) is 13.0. The van der Waals surface area contributed by atoms with Crippen LogP contribution in [0.5, 0.6) is 0 Å². The molecule has 2 N–H and O–H groups in total. The Morgan fingerprint density at radius 1 is 0.973 bits per heavy atom. The lowest BCUT2D eigenvalue weighted by Gasteiger charge is -2.36. The van der Waals surface area contributed by atoms with Gasteiger partial charge in [-0.15, -0.1) is 0 Å². The van der Waals surface area contributed by atoms with Crippen molar-refractivity contribution < 1.29 is 28.7 Å². The van der Waals surface area contributed by atoms with Gasteiger partial charge in [0.25, 0.3) is 0 Å². The van der Waals surface area contributed by atoms with Crippen molar-refractivity contribution in [3.8, 4) is 0 Å². The summed E-state index contributed by atoms with van der Waals surface area (Å²) in [6.45, 7) is 15.0. The third kappa shape index (κ3) is 12.1. The molecule has 0 aromatic heterocycles. The van der Waals surface area contributed by atoms with Crippen molar-refractivity contribution in [2.45, 2.75) is 92.3 Å². The number of benzene rings is 1. The first-order valence-corrected chi connectivity index (χ1v) is 13.0. The van der Waals surface area contributed by atoms with Crippen molar-refractivity contribution >= 4 is 23.9 Å². The summed E-state index contributed by atoms with van der Waals surface area (Å²) in [6.07, 6.45) is 0.850. The number of esters is 1. The van der Waals surface area contributed by atoms with Crippen molar-refractivity contribution in [3.63, 3.8) is 0 Å². The summed E-state index contributed by atoms with van der Waals surface area (Å²) >= 11 is 0. The summed E-state index contributed by atoms with van der Waals surface area (Å²) in [5, 5.41) is 5.31. The Morgan fingerprint density at radius 3 is 2.14 bits per heavy atom. The van der Waals surface area contributed by atoms with E-state index in [9.17, 15) is 19.2 Å². The molecule has 0 spiro atoms. The van der Waals surface area contributed by atoms with Crippen LogP contribution in [0.3, 0.4) is 0 Å². The van der Waals surface area contributed by atoms with Gasteiger partial charge in [-0.05, 0) is 65.9 Å². The molecular formula is C28H45N3O6. The Bertz CT molecular complexity index is 892. The highest BCUT2D eigenvalue weighted by Gasteiger charge is 2.35. The zero-order valence-electron chi connectivity index (χ0n) is 23.7. The maximum Gasteiger partial charge on any atom is 0.408 e. The molecule has 0 saturated carbocycles. The quantitative estimate of drug-likeness (QED) is 0.376. The topological polar surface area (TPSA) is 114 Å². The van der Waals surface area contributed by atoms with Crippen LogP contribution in [0, 0.1) is 12.8 Å². The first-order chi connectivity index (χ1) is 17.2. The highest BCUT2D eigenvalue weighted by Crippen LogP contribution is 2.27. The molecule has 0 radical (unpaired) electrons. The third-order valence-electron chi connectivity index (χ3n) is 5.56. The minimum absolute atomic E-state index is 0.0250. The molecule has 2 unspecified atom stereocenters. The van der Waals surface area contributed by atoms with Gasteiger partial charge in [-0.25, -0.2) is 4.79 Å². The number of alkyl carbamates (subject to hydrolysis) is 1. The zero-order valence-corrected chi connectivity index (χ0v) is 23.7. The van der Waals surface area contributed by atoms with Gasteiger partial charge < -0.3 is 25.0 Å². The van der Waals surface area contributed by atoms with E-state index in [2.05, 4.69) is 24.5 Å². The van der Waals surface area contributed by atoms with Crippen molar-refractivity contribution in [2.75, 3.05) is 19.7 Å². The molecular weight excluding hydrogens is 474 g/mol. The van der Waals surface area contributed by atoms with Crippen molar-refractivity contribution in [3.05, 3.63) is 35.4 Å². The van der Waals surface area contributed by atoms with Crippen LogP contribution in [0.15, 0.2) is 24.3 Å². The minimum Gasteiger partial charge on any atom is -0.466 e. The van der Waals surface area contributed by atoms with E-state index in [4.69, 9.17) is 9.47 Å². The summed E-state index contributed by atoms with van der Waals surface area (Å²) < 4.78 is 10.2. The predicted molar refractivity (Wildman–Crippen MR) is 143 cm³/mol. The van der Waals surface area contributed by atoms with Crippen LogP contribution in [0.25, 0.3) is 0 Å². The molecule has 9 heteroatoms. The van der Waals surface area contributed by atoms with Gasteiger partial charge in [0.2, 0.25) is 11.8 Å². The van der Waals surface area contributed by atoms with E-state index in [0.717, 1.165) is 12.0 Å². The SMILES string of the molecule is CCOC(=O)CCNC(=O)C(c1ccc(C)cc1)N(C(=O)CNC(=O)OC(C)(C)C)C(C)CCC(C)C. The molecule has 0 heterocycles. The van der Waals surface area contributed by atoms with Crippen LogP contribution in [-0.4, -0.2) is 60.1 Å². The average molecular weight is 520 g/mol. The second-order valence-electron chi connectivity index (χ2n) is 10.6. The lowest BCUT2D eigenvalue weighted by Crippen LogP contribution is -2.51. The number of aryl methyl sites for hydroxylation is 1. The Labute approximate surface area is 221 Å². The van der Waals surface area contributed by atoms with Crippen molar-refractivity contribution in [1.29, 1.82) is 0 Å². The number of nitrogens with zero attached hydrogens (tertiary/aromatic N) is 1. The predicted octanol–water partition coefficient (Wildman–Crippen LogP) is 4.28. The molecule has 0 saturated heterocycles. The van der Waals surface area contributed by atoms with Crippen LogP contribution in [0.4, 0.5) is 4.79 Å². The smallest absolute Gasteiger partial charge is 0.408 e. The molecule has 208 valence electrons. The summed E-state index contributed by atoms with van der Waals surface area (Å²) in [7, 11) is 0. The van der Waals surface area contributed by atoms with Gasteiger partial charge in [-0.2, -0.15) is 0 Å². The second kappa shape index (κ2) is 15.2. The van der Waals surface area contributed by atoms with E-state index in [1.165, 1.54) is 4.90 Å². The monoisotopic (exact) mass is 519 g/mol. The van der Waals surface area contributed by atoms with Gasteiger partial charge in [-0.3, -0.25) is 14.4 Å². The molecule has 9 nitrogen and oxygen atoms in total. The van der Waals surface area contributed by atoms with Gasteiger partial charge in [0, 0.05) is 12.6 Å². The number of hydrogen-bond donors (Lipinski definition) is 2. The van der Waals surface area contributed by atoms with Crippen LogP contribution in [0.2, 0.25) is 0 Å². The van der Waals surface area contributed by atoms with Crippen molar-refractivity contribution in [2.24, 2.45) is 5.92 Å². The van der Waals surface area contributed by atoms with E-state index in [-0.39, 0.29) is 32.2 Å². The molecule has 3 amide bonds. The van der Waals surface area contributed by atoms with Crippen LogP contribution in [-0.2, 0) is 23.9 Å². The van der Waals surface area contributed by atoms with Crippen LogP contribution in [0.1, 0.15) is 84.9 Å². The van der Waals surface area contributed by atoms with Crippen molar-refractivity contribution in [1.82, 2.24) is 15.5 Å². The van der Waals surface area contributed by atoms with E-state index in [1.54, 1.807) is 27.7 Å². The second-order valence-corrected chi connectivity index (χ2v) is 10.6. The Balaban J connectivity index is 3.26. The standard InChI is InChI=1S/C28H45N3O6/c1-9-36-24(33)16-17-29-26(34)25(22-14-11-20(4)12-15-22)31(21(5)13-10-19(2)3)23(32)18-30-27(35)37-28(6,7)8/h11-12,14-15,19,21,25H,9-10,13,16-18H2,1-8H3,(H,29,34)(H,30,35). The Hall–Kier alpha value is -3.10. The van der Waals surface area contributed by atoms with Crippen LogP contribution < -0.4 is 10.6 Å². The Kier molecular flexibility index (Phi) is 13.1. The number of rotatable bonds is 13. The maximum atomic E-state index is 13.6. The van der Waals surface area contributed by atoms with Gasteiger partial charge in [0.05, 0.1) is 13.0 Å². The van der Waals surface area contributed by atoms with Gasteiger partial charge >= 0.3 is 12.1 Å². The van der Waals surface area contributed by atoms with Gasteiger partial charge in [0.15, 0.2) is 0 Å². The lowest BCUT2D eigenvalue weighted by molar-refractivity contribution is -0.144. The van der Waals surface area contributed by atoms with E-state index in [1.807, 2.05) is 38.1 Å². The highest BCUT2D eigenvalue weighted by atomic mass is 16.6. The maximum absolute atomic E-state index is 13.6. The summed E-state index contributed by atoms with van der Waals surface area (Å²) in [6, 6.07) is 6.17. The lowest BCUT2D eigenvalue weighted by atomic mass is 9.97. The number of carbonyl (C=O) groups is 4. The Morgan fingerprint density at radius 2 is 1.59 bits per heavy atom. The number of ether oxygens (including phenoxy) is 2. The largest absolute Gasteiger partial charge is 0.466 e. The molecule has 1 rings (SSSR count). The molecule has 0 aliphatic heterocycles. The van der Waals surface area contributed by atoms with E-state index >= 15 is 0 Å². The summed E-state index contributed by atoms with van der Waals surface area (Å²) in [5.74, 6) is -0.812. The molecule has 0 aliphatic rings. The fourth-order valence-corrected chi connectivity index (χ4v) is 3.72. The minimum atomic E-state index is -0.946. The van der Waals surface area contributed by atoms with Gasteiger partial charge in [-0.1, -0.05) is 43.7 Å². The molecule has 37 heavy (non-hydrogen) atoms. The van der Waals surface area contributed by atoms with E-state index in [0.29, 0.717) is 17.9 Å². The molecule has 2 atom stereocenters. The number of amides is 3. The summed E-state index contributed by atoms with van der Waals surface area (Å²) in [5.41, 5.74) is 0.949. The number of carbonyl (C=O) groups excluding carboxylic acids is 4. The molecule has 0 fully saturated rings.